The van der Waals surface area contributed by atoms with E-state index in [0.717, 1.165) is 17.7 Å². The summed E-state index contributed by atoms with van der Waals surface area (Å²) >= 11 is 5.62. The molecule has 8 heteroatoms. The molecule has 0 heterocycles. The highest BCUT2D eigenvalue weighted by atomic mass is 32.2. The van der Waals surface area contributed by atoms with Crippen LogP contribution in [0.5, 0.6) is 0 Å². The molecule has 0 saturated heterocycles. The van der Waals surface area contributed by atoms with Gasteiger partial charge in [-0.25, -0.2) is 0 Å². The van der Waals surface area contributed by atoms with E-state index in [4.69, 9.17) is 12.2 Å². The smallest absolute Gasteiger partial charge is 0.288 e. The molecule has 0 aromatic heterocycles. The van der Waals surface area contributed by atoms with Crippen molar-refractivity contribution in [1.29, 1.82) is 0 Å². The Bertz CT molecular complexity index is 754. The summed E-state index contributed by atoms with van der Waals surface area (Å²) in [6, 6.07) is 14.1. The maximum absolute atomic E-state index is 12.3. The van der Waals surface area contributed by atoms with Gasteiger partial charge in [0.05, 0.1) is 6.54 Å². The number of alkyl halides is 2. The van der Waals surface area contributed by atoms with E-state index in [-0.39, 0.29) is 17.6 Å². The van der Waals surface area contributed by atoms with E-state index in [0.29, 0.717) is 22.3 Å². The number of thioether (sulfide) groups is 1. The first-order chi connectivity index (χ1) is 12.5. The Labute approximate surface area is 160 Å². The molecule has 26 heavy (non-hydrogen) atoms. The highest BCUT2D eigenvalue weighted by Crippen LogP contribution is 2.26. The summed E-state index contributed by atoms with van der Waals surface area (Å²) in [6.07, 6.45) is 0.823. The zero-order chi connectivity index (χ0) is 18.9. The summed E-state index contributed by atoms with van der Waals surface area (Å²) < 4.78 is 24.6. The van der Waals surface area contributed by atoms with Crippen LogP contribution in [0.2, 0.25) is 0 Å². The van der Waals surface area contributed by atoms with Crippen molar-refractivity contribution >= 4 is 46.4 Å². The quantitative estimate of drug-likeness (QED) is 0.476. The number of thiocarbonyl (C=S) groups is 1. The predicted molar refractivity (Wildman–Crippen MR) is 107 cm³/mol. The molecular formula is C18H19F2N3OS2. The number of hydrogen-bond donors (Lipinski definition) is 3. The van der Waals surface area contributed by atoms with Gasteiger partial charge in [-0.05, 0) is 54.5 Å². The fraction of sp³-hybridized carbons (Fsp3) is 0.222. The average molecular weight is 396 g/mol. The molecule has 2 aromatic carbocycles. The van der Waals surface area contributed by atoms with Crippen molar-refractivity contribution in [3.63, 3.8) is 0 Å². The Kier molecular flexibility index (Phi) is 7.80. The number of rotatable bonds is 7. The van der Waals surface area contributed by atoms with Crippen LogP contribution in [0.1, 0.15) is 12.5 Å². The Morgan fingerprint density at radius 2 is 1.81 bits per heavy atom. The molecule has 0 aliphatic carbocycles. The van der Waals surface area contributed by atoms with E-state index in [1.807, 2.05) is 31.2 Å². The topological polar surface area (TPSA) is 53.2 Å². The van der Waals surface area contributed by atoms with Crippen molar-refractivity contribution in [1.82, 2.24) is 5.32 Å². The normalized spacial score (nSPS) is 10.5. The summed E-state index contributed by atoms with van der Waals surface area (Å²) in [5.74, 6) is -2.66. The third-order valence-corrected chi connectivity index (χ3v) is 4.39. The van der Waals surface area contributed by atoms with Crippen LogP contribution in [-0.4, -0.2) is 23.3 Å². The standard InChI is InChI=1S/C18H19F2N3OS2/c1-2-12-5-3-4-6-15(12)23-16(24)11-21-18(25)22-13-7-9-14(10-8-13)26-17(19)20/h3-10,17H,2,11H2,1H3,(H,23,24)(H2,21,22,25). The largest absolute Gasteiger partial charge is 0.353 e. The third-order valence-electron chi connectivity index (χ3n) is 3.42. The number of amides is 1. The number of carbonyl (C=O) groups excluding carboxylic acids is 1. The maximum Gasteiger partial charge on any atom is 0.288 e. The first-order valence-corrected chi connectivity index (χ1v) is 9.24. The van der Waals surface area contributed by atoms with E-state index in [1.54, 1.807) is 24.3 Å². The van der Waals surface area contributed by atoms with Crippen LogP contribution in [0, 0.1) is 0 Å². The zero-order valence-corrected chi connectivity index (χ0v) is 15.7. The van der Waals surface area contributed by atoms with Crippen molar-refractivity contribution in [3.05, 3.63) is 54.1 Å². The van der Waals surface area contributed by atoms with Crippen LogP contribution < -0.4 is 16.0 Å². The van der Waals surface area contributed by atoms with E-state index in [9.17, 15) is 13.6 Å². The average Bonchev–Trinajstić information content (AvgIpc) is 2.62. The Balaban J connectivity index is 1.80. The zero-order valence-electron chi connectivity index (χ0n) is 14.1. The molecule has 0 bridgehead atoms. The minimum Gasteiger partial charge on any atom is -0.353 e. The summed E-state index contributed by atoms with van der Waals surface area (Å²) in [4.78, 5) is 12.5. The SMILES string of the molecule is CCc1ccccc1NC(=O)CNC(=S)Nc1ccc(SC(F)F)cc1. The molecule has 0 saturated carbocycles. The molecule has 0 aliphatic rings. The fourth-order valence-corrected chi connectivity index (χ4v) is 2.89. The molecule has 1 amide bonds. The number of carbonyl (C=O) groups is 1. The van der Waals surface area contributed by atoms with E-state index < -0.39 is 5.76 Å². The molecule has 2 rings (SSSR count). The minimum absolute atomic E-state index is 0.0171. The van der Waals surface area contributed by atoms with Gasteiger partial charge in [-0.2, -0.15) is 8.78 Å². The number of aryl methyl sites for hydroxylation is 1. The van der Waals surface area contributed by atoms with Crippen LogP contribution in [0.3, 0.4) is 0 Å². The molecule has 0 spiro atoms. The van der Waals surface area contributed by atoms with Gasteiger partial charge < -0.3 is 16.0 Å². The van der Waals surface area contributed by atoms with Gasteiger partial charge in [-0.1, -0.05) is 36.9 Å². The molecule has 0 fully saturated rings. The Morgan fingerprint density at radius 3 is 2.46 bits per heavy atom. The Morgan fingerprint density at radius 1 is 1.12 bits per heavy atom. The molecule has 0 aliphatic heterocycles. The number of para-hydroxylation sites is 1. The summed E-state index contributed by atoms with van der Waals surface area (Å²) in [5.41, 5.74) is 2.49. The monoisotopic (exact) mass is 395 g/mol. The second kappa shape index (κ2) is 10.1. The van der Waals surface area contributed by atoms with E-state index in [1.165, 1.54) is 0 Å². The van der Waals surface area contributed by atoms with Gasteiger partial charge in [-0.3, -0.25) is 4.79 Å². The van der Waals surface area contributed by atoms with Crippen molar-refractivity contribution in [2.45, 2.75) is 24.0 Å². The number of hydrogen-bond acceptors (Lipinski definition) is 3. The molecule has 2 aromatic rings. The molecular weight excluding hydrogens is 376 g/mol. The Hall–Kier alpha value is -2.19. The van der Waals surface area contributed by atoms with Crippen LogP contribution in [0.15, 0.2) is 53.4 Å². The fourth-order valence-electron chi connectivity index (χ4n) is 2.20. The van der Waals surface area contributed by atoms with Gasteiger partial charge >= 0.3 is 0 Å². The molecule has 0 atom stereocenters. The molecule has 0 radical (unpaired) electrons. The highest BCUT2D eigenvalue weighted by molar-refractivity contribution is 7.99. The van der Waals surface area contributed by atoms with Gasteiger partial charge in [0.15, 0.2) is 5.11 Å². The second-order valence-corrected chi connectivity index (χ2v) is 6.74. The van der Waals surface area contributed by atoms with E-state index >= 15 is 0 Å². The third kappa shape index (κ3) is 6.61. The van der Waals surface area contributed by atoms with Crippen LogP contribution in [0.25, 0.3) is 0 Å². The number of anilines is 2. The summed E-state index contributed by atoms with van der Waals surface area (Å²) in [5, 5.41) is 8.85. The number of nitrogens with one attached hydrogen (secondary N) is 3. The number of halogens is 2. The first-order valence-electron chi connectivity index (χ1n) is 7.95. The summed E-state index contributed by atoms with van der Waals surface area (Å²) in [6.45, 7) is 2.04. The van der Waals surface area contributed by atoms with Crippen molar-refractivity contribution in [3.8, 4) is 0 Å². The first kappa shape index (κ1) is 20.1. The molecule has 4 nitrogen and oxygen atoms in total. The van der Waals surface area contributed by atoms with Crippen LogP contribution in [-0.2, 0) is 11.2 Å². The van der Waals surface area contributed by atoms with Crippen molar-refractivity contribution in [2.75, 3.05) is 17.2 Å². The molecule has 0 unspecified atom stereocenters. The van der Waals surface area contributed by atoms with Gasteiger partial charge in [-0.15, -0.1) is 0 Å². The molecule has 3 N–H and O–H groups in total. The lowest BCUT2D eigenvalue weighted by Crippen LogP contribution is -2.35. The van der Waals surface area contributed by atoms with Crippen LogP contribution in [0.4, 0.5) is 20.2 Å². The van der Waals surface area contributed by atoms with Gasteiger partial charge in [0.2, 0.25) is 5.91 Å². The van der Waals surface area contributed by atoms with E-state index in [2.05, 4.69) is 16.0 Å². The predicted octanol–water partition coefficient (Wildman–Crippen LogP) is 4.49. The number of benzene rings is 2. The van der Waals surface area contributed by atoms with Gasteiger partial charge in [0, 0.05) is 16.3 Å². The highest BCUT2D eigenvalue weighted by Gasteiger charge is 2.07. The lowest BCUT2D eigenvalue weighted by atomic mass is 10.1. The summed E-state index contributed by atoms with van der Waals surface area (Å²) in [7, 11) is 0. The lowest BCUT2D eigenvalue weighted by Gasteiger charge is -2.12. The second-order valence-electron chi connectivity index (χ2n) is 5.27. The van der Waals surface area contributed by atoms with Crippen molar-refractivity contribution < 1.29 is 13.6 Å². The van der Waals surface area contributed by atoms with Crippen molar-refractivity contribution in [2.24, 2.45) is 0 Å². The minimum atomic E-state index is -2.45. The lowest BCUT2D eigenvalue weighted by molar-refractivity contribution is -0.115. The van der Waals surface area contributed by atoms with Crippen LogP contribution >= 0.6 is 24.0 Å². The van der Waals surface area contributed by atoms with Gasteiger partial charge in [0.25, 0.3) is 5.76 Å². The molecule has 138 valence electrons. The van der Waals surface area contributed by atoms with Gasteiger partial charge in [0.1, 0.15) is 0 Å². The maximum atomic E-state index is 12.3.